The van der Waals surface area contributed by atoms with Crippen molar-refractivity contribution < 1.29 is 19.1 Å². The maximum absolute atomic E-state index is 12.5. The first-order valence-electron chi connectivity index (χ1n) is 9.21. The predicted octanol–water partition coefficient (Wildman–Crippen LogP) is 2.88. The second kappa shape index (κ2) is 8.62. The van der Waals surface area contributed by atoms with Gasteiger partial charge in [-0.05, 0) is 37.6 Å². The quantitative estimate of drug-likeness (QED) is 0.606. The fourth-order valence-electron chi connectivity index (χ4n) is 3.10. The number of nitrogens with one attached hydrogen (secondary N) is 1. The molecule has 0 fully saturated rings. The third kappa shape index (κ3) is 4.18. The molecule has 1 amide bonds. The summed E-state index contributed by atoms with van der Waals surface area (Å²) in [5.41, 5.74) is 2.14. The summed E-state index contributed by atoms with van der Waals surface area (Å²) >= 11 is 6.07. The normalized spacial score (nSPS) is 11.9. The lowest BCUT2D eigenvalue weighted by molar-refractivity contribution is -0.153. The van der Waals surface area contributed by atoms with E-state index in [0.717, 1.165) is 5.56 Å². The number of rotatable bonds is 6. The molecule has 1 aromatic heterocycles. The lowest BCUT2D eigenvalue weighted by Gasteiger charge is -2.16. The number of ether oxygens (including phenoxy) is 2. The van der Waals surface area contributed by atoms with Crippen molar-refractivity contribution in [2.24, 2.45) is 7.05 Å². The van der Waals surface area contributed by atoms with Crippen molar-refractivity contribution >= 4 is 40.2 Å². The zero-order chi connectivity index (χ0) is 22.0. The molecule has 1 heterocycles. The Bertz CT molecular complexity index is 1180. The molecule has 30 heavy (non-hydrogen) atoms. The number of nitrogens with zero attached hydrogens (tertiary/aromatic N) is 2. The van der Waals surface area contributed by atoms with E-state index >= 15 is 0 Å². The van der Waals surface area contributed by atoms with Crippen LogP contribution in [-0.4, -0.2) is 34.2 Å². The second-order valence-corrected chi connectivity index (χ2v) is 7.25. The Morgan fingerprint density at radius 3 is 2.53 bits per heavy atom. The average Bonchev–Trinajstić information content (AvgIpc) is 2.95. The van der Waals surface area contributed by atoms with Crippen LogP contribution in [0.25, 0.3) is 11.0 Å². The number of carbonyl (C=O) groups excluding carboxylic acids is 2. The Hall–Kier alpha value is -3.26. The molecule has 0 spiro atoms. The van der Waals surface area contributed by atoms with Crippen molar-refractivity contribution in [3.05, 3.63) is 57.5 Å². The van der Waals surface area contributed by atoms with Gasteiger partial charge in [-0.1, -0.05) is 23.7 Å². The number of anilines is 1. The van der Waals surface area contributed by atoms with Crippen LogP contribution in [0.3, 0.4) is 0 Å². The average molecular weight is 432 g/mol. The molecule has 0 aliphatic heterocycles. The number of aromatic nitrogens is 2. The van der Waals surface area contributed by atoms with Crippen LogP contribution in [0.1, 0.15) is 12.5 Å². The Morgan fingerprint density at radius 1 is 1.20 bits per heavy atom. The third-order valence-corrected chi connectivity index (χ3v) is 5.16. The van der Waals surface area contributed by atoms with Gasteiger partial charge in [-0.2, -0.15) is 0 Å². The highest BCUT2D eigenvalue weighted by molar-refractivity contribution is 6.31. The molecule has 0 saturated heterocycles. The maximum Gasteiger partial charge on any atom is 0.329 e. The van der Waals surface area contributed by atoms with E-state index < -0.39 is 18.0 Å². The van der Waals surface area contributed by atoms with Gasteiger partial charge in [-0.15, -0.1) is 0 Å². The van der Waals surface area contributed by atoms with E-state index in [9.17, 15) is 14.4 Å². The van der Waals surface area contributed by atoms with Crippen molar-refractivity contribution in [2.45, 2.75) is 26.5 Å². The van der Waals surface area contributed by atoms with Crippen LogP contribution in [0.2, 0.25) is 5.02 Å². The van der Waals surface area contributed by atoms with Crippen LogP contribution in [0.15, 0.2) is 41.2 Å². The summed E-state index contributed by atoms with van der Waals surface area (Å²) in [6, 6.07) is 10.4. The van der Waals surface area contributed by atoms with Crippen LogP contribution >= 0.6 is 11.6 Å². The molecule has 0 radical (unpaired) electrons. The van der Waals surface area contributed by atoms with Gasteiger partial charge in [0.25, 0.3) is 5.91 Å². The summed E-state index contributed by atoms with van der Waals surface area (Å²) < 4.78 is 13.2. The van der Waals surface area contributed by atoms with Crippen LogP contribution in [0.5, 0.6) is 5.75 Å². The fourth-order valence-corrected chi connectivity index (χ4v) is 3.25. The van der Waals surface area contributed by atoms with Crippen molar-refractivity contribution in [1.29, 1.82) is 0 Å². The first-order chi connectivity index (χ1) is 14.2. The molecular formula is C21H22ClN3O5. The van der Waals surface area contributed by atoms with E-state index in [1.54, 1.807) is 44.3 Å². The lowest BCUT2D eigenvalue weighted by atomic mass is 10.2. The number of halogens is 1. The van der Waals surface area contributed by atoms with Crippen LogP contribution in [0, 0.1) is 6.92 Å². The molecule has 0 saturated carbocycles. The van der Waals surface area contributed by atoms with Gasteiger partial charge in [0.15, 0.2) is 6.10 Å². The summed E-state index contributed by atoms with van der Waals surface area (Å²) in [6.45, 7) is 2.94. The Morgan fingerprint density at radius 2 is 1.87 bits per heavy atom. The summed E-state index contributed by atoms with van der Waals surface area (Å²) in [6.07, 6.45) is -1.08. The van der Waals surface area contributed by atoms with Gasteiger partial charge in [0, 0.05) is 18.1 Å². The predicted molar refractivity (Wildman–Crippen MR) is 114 cm³/mol. The fraction of sp³-hybridized carbons (Fsp3) is 0.286. The topological polar surface area (TPSA) is 91.6 Å². The molecule has 3 rings (SSSR count). The van der Waals surface area contributed by atoms with Gasteiger partial charge in [0.1, 0.15) is 12.3 Å². The number of aryl methyl sites for hydroxylation is 2. The Labute approximate surface area is 178 Å². The molecule has 9 heteroatoms. The highest BCUT2D eigenvalue weighted by atomic mass is 35.5. The van der Waals surface area contributed by atoms with E-state index in [1.807, 2.05) is 6.07 Å². The highest BCUT2D eigenvalue weighted by Crippen LogP contribution is 2.31. The zero-order valence-corrected chi connectivity index (χ0v) is 17.8. The van der Waals surface area contributed by atoms with Crippen molar-refractivity contribution in [3.8, 4) is 5.75 Å². The second-order valence-electron chi connectivity index (χ2n) is 6.84. The number of benzene rings is 2. The molecular weight excluding hydrogens is 410 g/mol. The minimum atomic E-state index is -1.08. The number of hydrogen-bond acceptors (Lipinski definition) is 5. The summed E-state index contributed by atoms with van der Waals surface area (Å²) in [5, 5.41) is 3.18. The summed E-state index contributed by atoms with van der Waals surface area (Å²) in [4.78, 5) is 37.3. The molecule has 1 atom stereocenters. The number of imidazole rings is 1. The van der Waals surface area contributed by atoms with Crippen molar-refractivity contribution in [1.82, 2.24) is 9.13 Å². The minimum Gasteiger partial charge on any atom is -0.495 e. The number of para-hydroxylation sites is 2. The molecule has 158 valence electrons. The third-order valence-electron chi connectivity index (χ3n) is 4.75. The molecule has 3 aromatic rings. The van der Waals surface area contributed by atoms with Crippen LogP contribution < -0.4 is 15.7 Å². The number of esters is 1. The lowest BCUT2D eigenvalue weighted by Crippen LogP contribution is -2.33. The number of carbonyl (C=O) groups is 2. The molecule has 2 aromatic carbocycles. The minimum absolute atomic E-state index is 0.304. The van der Waals surface area contributed by atoms with Crippen molar-refractivity contribution in [2.75, 3.05) is 12.4 Å². The maximum atomic E-state index is 12.5. The highest BCUT2D eigenvalue weighted by Gasteiger charge is 2.21. The number of fused-ring (bicyclic) bond motifs is 1. The Balaban J connectivity index is 1.71. The zero-order valence-electron chi connectivity index (χ0n) is 17.1. The molecule has 1 N–H and O–H groups in total. The van der Waals surface area contributed by atoms with Gasteiger partial charge >= 0.3 is 11.7 Å². The summed E-state index contributed by atoms with van der Waals surface area (Å²) in [5.74, 6) is -0.844. The van der Waals surface area contributed by atoms with Crippen LogP contribution in [-0.2, 0) is 27.9 Å². The first-order valence-corrected chi connectivity index (χ1v) is 9.59. The van der Waals surface area contributed by atoms with Gasteiger partial charge in [0.05, 0.1) is 23.8 Å². The largest absolute Gasteiger partial charge is 0.495 e. The van der Waals surface area contributed by atoms with Crippen molar-refractivity contribution in [3.63, 3.8) is 0 Å². The standard InChI is InChI=1S/C21H22ClN3O5/c1-12-9-15(18(29-4)10-14(12)22)23-20(27)13(2)30-19(26)11-25-17-8-6-5-7-16(17)24(3)21(25)28/h5-10,13H,11H2,1-4H3,(H,23,27). The van der Waals surface area contributed by atoms with Gasteiger partial charge in [0.2, 0.25) is 0 Å². The van der Waals surface area contributed by atoms with E-state index in [0.29, 0.717) is 27.5 Å². The van der Waals surface area contributed by atoms with E-state index in [2.05, 4.69) is 5.32 Å². The number of amides is 1. The first kappa shape index (κ1) is 21.4. The molecule has 0 aliphatic carbocycles. The van der Waals surface area contributed by atoms with E-state index in [1.165, 1.54) is 23.2 Å². The number of hydrogen-bond donors (Lipinski definition) is 1. The molecule has 0 aliphatic rings. The number of methoxy groups -OCH3 is 1. The smallest absolute Gasteiger partial charge is 0.329 e. The summed E-state index contributed by atoms with van der Waals surface area (Å²) in [7, 11) is 3.09. The SMILES string of the molecule is COc1cc(Cl)c(C)cc1NC(=O)C(C)OC(=O)Cn1c(=O)n(C)c2ccccc21. The molecule has 0 bridgehead atoms. The van der Waals surface area contributed by atoms with E-state index in [4.69, 9.17) is 21.1 Å². The van der Waals surface area contributed by atoms with Gasteiger partial charge < -0.3 is 14.8 Å². The van der Waals surface area contributed by atoms with Gasteiger partial charge in [-0.3, -0.25) is 18.7 Å². The Kier molecular flexibility index (Phi) is 6.17. The van der Waals surface area contributed by atoms with Crippen LogP contribution in [0.4, 0.5) is 5.69 Å². The monoisotopic (exact) mass is 431 g/mol. The van der Waals surface area contributed by atoms with E-state index in [-0.39, 0.29) is 12.2 Å². The van der Waals surface area contributed by atoms with Gasteiger partial charge in [-0.25, -0.2) is 4.79 Å². The molecule has 8 nitrogen and oxygen atoms in total. The molecule has 1 unspecified atom stereocenters.